The lowest BCUT2D eigenvalue weighted by molar-refractivity contribution is 0.287. The summed E-state index contributed by atoms with van der Waals surface area (Å²) in [5.74, 6) is 0. The van der Waals surface area contributed by atoms with Gasteiger partial charge in [-0.1, -0.05) is 55.7 Å². The molecule has 94 valence electrons. The molecule has 1 nitrogen and oxygen atoms in total. The van der Waals surface area contributed by atoms with Gasteiger partial charge in [-0.25, -0.2) is 0 Å². The summed E-state index contributed by atoms with van der Waals surface area (Å²) in [5, 5.41) is 0. The summed E-state index contributed by atoms with van der Waals surface area (Å²) in [6.07, 6.45) is 5.89. The Kier molecular flexibility index (Phi) is 6.64. The maximum atomic E-state index is 3.84. The van der Waals surface area contributed by atoms with Gasteiger partial charge in [0.2, 0.25) is 0 Å². The van der Waals surface area contributed by atoms with E-state index in [2.05, 4.69) is 49.6 Å². The first-order valence-electron chi connectivity index (χ1n) is 6.65. The van der Waals surface area contributed by atoms with E-state index < -0.39 is 0 Å². The molecule has 0 bridgehead atoms. The molecule has 0 aliphatic carbocycles. The normalized spacial score (nSPS) is 10.8. The molecule has 1 aromatic carbocycles. The van der Waals surface area contributed by atoms with Crippen LogP contribution in [0.1, 0.15) is 37.3 Å². The first kappa shape index (κ1) is 14.0. The van der Waals surface area contributed by atoms with Crippen LogP contribution >= 0.6 is 0 Å². The molecule has 0 N–H and O–H groups in total. The van der Waals surface area contributed by atoms with Crippen molar-refractivity contribution in [2.75, 3.05) is 13.1 Å². The maximum absolute atomic E-state index is 3.84. The molecular formula is C16H25N. The van der Waals surface area contributed by atoms with Gasteiger partial charge in [0.1, 0.15) is 0 Å². The minimum Gasteiger partial charge on any atom is -0.295 e. The van der Waals surface area contributed by atoms with Gasteiger partial charge >= 0.3 is 0 Å². The highest BCUT2D eigenvalue weighted by Gasteiger charge is 2.03. The van der Waals surface area contributed by atoms with E-state index in [-0.39, 0.29) is 0 Å². The molecule has 1 heteroatoms. The zero-order chi connectivity index (χ0) is 12.5. The molecule has 0 saturated carbocycles. The summed E-state index contributed by atoms with van der Waals surface area (Å²) in [6, 6.07) is 8.83. The van der Waals surface area contributed by atoms with Gasteiger partial charge in [-0.05, 0) is 25.5 Å². The zero-order valence-corrected chi connectivity index (χ0v) is 11.3. The van der Waals surface area contributed by atoms with Crippen molar-refractivity contribution in [2.45, 2.75) is 39.7 Å². The van der Waals surface area contributed by atoms with Crippen LogP contribution in [0.15, 0.2) is 36.9 Å². The van der Waals surface area contributed by atoms with E-state index in [1.807, 2.05) is 6.08 Å². The minimum atomic E-state index is 0.984. The molecule has 0 saturated heterocycles. The number of nitrogens with zero attached hydrogens (tertiary/aromatic N) is 1. The van der Waals surface area contributed by atoms with E-state index >= 15 is 0 Å². The van der Waals surface area contributed by atoms with Gasteiger partial charge < -0.3 is 0 Å². The summed E-state index contributed by atoms with van der Waals surface area (Å²) in [4.78, 5) is 2.47. The molecule has 1 aromatic rings. The maximum Gasteiger partial charge on any atom is 0.0237 e. The average molecular weight is 231 g/mol. The molecule has 0 aliphatic heterocycles. The molecule has 17 heavy (non-hydrogen) atoms. The van der Waals surface area contributed by atoms with Crippen molar-refractivity contribution in [3.05, 3.63) is 48.0 Å². The summed E-state index contributed by atoms with van der Waals surface area (Å²) >= 11 is 0. The van der Waals surface area contributed by atoms with E-state index in [9.17, 15) is 0 Å². The van der Waals surface area contributed by atoms with Gasteiger partial charge in [-0.15, -0.1) is 6.58 Å². The number of rotatable bonds is 8. The van der Waals surface area contributed by atoms with Crippen LogP contribution in [-0.4, -0.2) is 18.0 Å². The van der Waals surface area contributed by atoms with Crippen molar-refractivity contribution < 1.29 is 0 Å². The van der Waals surface area contributed by atoms with Crippen molar-refractivity contribution in [1.29, 1.82) is 0 Å². The molecule has 0 aromatic heterocycles. The first-order chi connectivity index (χ1) is 8.26. The van der Waals surface area contributed by atoms with Crippen molar-refractivity contribution in [3.8, 4) is 0 Å². The van der Waals surface area contributed by atoms with E-state index in [0.717, 1.165) is 13.1 Å². The molecule has 0 atom stereocenters. The lowest BCUT2D eigenvalue weighted by Gasteiger charge is -2.20. The molecule has 0 aliphatic rings. The Balaban J connectivity index is 2.47. The van der Waals surface area contributed by atoms with Gasteiger partial charge in [-0.2, -0.15) is 0 Å². The van der Waals surface area contributed by atoms with E-state index in [1.54, 1.807) is 0 Å². The third kappa shape index (κ3) is 5.69. The lowest BCUT2D eigenvalue weighted by atomic mass is 10.1. The van der Waals surface area contributed by atoms with Crippen molar-refractivity contribution in [1.82, 2.24) is 4.90 Å². The topological polar surface area (TPSA) is 3.24 Å². The molecule has 0 amide bonds. The molecule has 0 heterocycles. The lowest BCUT2D eigenvalue weighted by Crippen LogP contribution is -2.24. The van der Waals surface area contributed by atoms with Crippen LogP contribution in [-0.2, 0) is 6.54 Å². The van der Waals surface area contributed by atoms with Crippen LogP contribution in [0.5, 0.6) is 0 Å². The monoisotopic (exact) mass is 231 g/mol. The first-order valence-corrected chi connectivity index (χ1v) is 6.65. The molecule has 0 fully saturated rings. The fourth-order valence-electron chi connectivity index (χ4n) is 1.95. The SMILES string of the molecule is C=CCN(CCCCC)Cc1ccc(C)cc1. The average Bonchev–Trinajstić information content (AvgIpc) is 2.32. The molecular weight excluding hydrogens is 206 g/mol. The Morgan fingerprint density at radius 2 is 1.88 bits per heavy atom. The Hall–Kier alpha value is -1.08. The Labute approximate surface area is 106 Å². The van der Waals surface area contributed by atoms with Crippen LogP contribution in [0.3, 0.4) is 0 Å². The number of benzene rings is 1. The zero-order valence-electron chi connectivity index (χ0n) is 11.3. The van der Waals surface area contributed by atoms with Crippen molar-refractivity contribution in [2.24, 2.45) is 0 Å². The number of hydrogen-bond acceptors (Lipinski definition) is 1. The summed E-state index contributed by atoms with van der Waals surface area (Å²) < 4.78 is 0. The van der Waals surface area contributed by atoms with Gasteiger partial charge in [0.25, 0.3) is 0 Å². The van der Waals surface area contributed by atoms with E-state index in [0.29, 0.717) is 0 Å². The standard InChI is InChI=1S/C16H25N/c1-4-6-7-13-17(12-5-2)14-16-10-8-15(3)9-11-16/h5,8-11H,2,4,6-7,12-14H2,1,3H3. The quantitative estimate of drug-likeness (QED) is 0.479. The summed E-state index contributed by atoms with van der Waals surface area (Å²) in [7, 11) is 0. The summed E-state index contributed by atoms with van der Waals surface area (Å²) in [6.45, 7) is 11.4. The smallest absolute Gasteiger partial charge is 0.0237 e. The van der Waals surface area contributed by atoms with Crippen LogP contribution in [0, 0.1) is 6.92 Å². The third-order valence-electron chi connectivity index (χ3n) is 2.99. The second-order valence-corrected chi connectivity index (χ2v) is 4.72. The third-order valence-corrected chi connectivity index (χ3v) is 2.99. The summed E-state index contributed by atoms with van der Waals surface area (Å²) in [5.41, 5.74) is 2.73. The predicted molar refractivity (Wildman–Crippen MR) is 76.2 cm³/mol. The van der Waals surface area contributed by atoms with Gasteiger partial charge in [0.05, 0.1) is 0 Å². The Bertz CT molecular complexity index is 313. The second kappa shape index (κ2) is 8.08. The molecule has 0 radical (unpaired) electrons. The Morgan fingerprint density at radius 3 is 2.47 bits per heavy atom. The van der Waals surface area contributed by atoms with Crippen LogP contribution in [0.25, 0.3) is 0 Å². The molecule has 0 unspecified atom stereocenters. The second-order valence-electron chi connectivity index (χ2n) is 4.72. The van der Waals surface area contributed by atoms with Gasteiger partial charge in [-0.3, -0.25) is 4.90 Å². The highest BCUT2D eigenvalue weighted by molar-refractivity contribution is 5.21. The van der Waals surface area contributed by atoms with Crippen molar-refractivity contribution in [3.63, 3.8) is 0 Å². The number of aryl methyl sites for hydroxylation is 1. The predicted octanol–water partition coefficient (Wildman–Crippen LogP) is 4.17. The highest BCUT2D eigenvalue weighted by atomic mass is 15.1. The molecule has 1 rings (SSSR count). The number of hydrogen-bond donors (Lipinski definition) is 0. The minimum absolute atomic E-state index is 0.984. The van der Waals surface area contributed by atoms with Crippen LogP contribution < -0.4 is 0 Å². The van der Waals surface area contributed by atoms with Crippen LogP contribution in [0.4, 0.5) is 0 Å². The fourth-order valence-corrected chi connectivity index (χ4v) is 1.95. The van der Waals surface area contributed by atoms with Crippen LogP contribution in [0.2, 0.25) is 0 Å². The van der Waals surface area contributed by atoms with E-state index in [1.165, 1.54) is 36.9 Å². The number of unbranched alkanes of at least 4 members (excludes halogenated alkanes) is 2. The highest BCUT2D eigenvalue weighted by Crippen LogP contribution is 2.08. The fraction of sp³-hybridized carbons (Fsp3) is 0.500. The van der Waals surface area contributed by atoms with Gasteiger partial charge in [0.15, 0.2) is 0 Å². The largest absolute Gasteiger partial charge is 0.295 e. The van der Waals surface area contributed by atoms with Crippen molar-refractivity contribution >= 4 is 0 Å². The molecule has 0 spiro atoms. The van der Waals surface area contributed by atoms with E-state index in [4.69, 9.17) is 0 Å². The van der Waals surface area contributed by atoms with Gasteiger partial charge in [0, 0.05) is 13.1 Å². The Morgan fingerprint density at radius 1 is 1.18 bits per heavy atom.